The molecule has 5 heteroatoms. The average Bonchev–Trinajstić information content (AvgIpc) is 2.73. The van der Waals surface area contributed by atoms with Crippen LogP contribution in [0.4, 0.5) is 0 Å². The van der Waals surface area contributed by atoms with Crippen LogP contribution in [0.3, 0.4) is 0 Å². The molecule has 0 amide bonds. The number of nitrogens with zero attached hydrogens (tertiary/aromatic N) is 1. The molecule has 3 aromatic rings. The number of hydrogen-bond donors (Lipinski definition) is 1. The van der Waals surface area contributed by atoms with E-state index in [2.05, 4.69) is 0 Å². The highest BCUT2D eigenvalue weighted by molar-refractivity contribution is 7.71. The summed E-state index contributed by atoms with van der Waals surface area (Å²) in [4.78, 5) is 0.407. The lowest BCUT2D eigenvalue weighted by Crippen LogP contribution is -2.00. The lowest BCUT2D eigenvalue weighted by Gasteiger charge is -2.12. The molecule has 3 nitrogen and oxygen atoms in total. The lowest BCUT2D eigenvalue weighted by molar-refractivity contribution is 0.220. The SMILES string of the molecule is Cn1c(=S)oc2cc(C(O)c3ccccc3Cl)ccc21. The third-order valence-electron chi connectivity index (χ3n) is 3.33. The summed E-state index contributed by atoms with van der Waals surface area (Å²) in [7, 11) is 1.85. The minimum atomic E-state index is -0.794. The van der Waals surface area contributed by atoms with Crippen LogP contribution in [0.5, 0.6) is 0 Å². The van der Waals surface area contributed by atoms with E-state index in [1.165, 1.54) is 0 Å². The molecule has 0 saturated heterocycles. The lowest BCUT2D eigenvalue weighted by atomic mass is 10.0. The normalized spacial score (nSPS) is 12.8. The first-order chi connectivity index (χ1) is 9.58. The first kappa shape index (κ1) is 13.4. The fourth-order valence-corrected chi connectivity index (χ4v) is 2.62. The van der Waals surface area contributed by atoms with Crippen molar-refractivity contribution in [3.63, 3.8) is 0 Å². The molecule has 3 rings (SSSR count). The van der Waals surface area contributed by atoms with Crippen LogP contribution in [0.2, 0.25) is 5.02 Å². The summed E-state index contributed by atoms with van der Waals surface area (Å²) in [5.41, 5.74) is 2.93. The highest BCUT2D eigenvalue weighted by atomic mass is 35.5. The molecule has 0 aliphatic heterocycles. The van der Waals surface area contributed by atoms with E-state index in [1.54, 1.807) is 22.8 Å². The van der Waals surface area contributed by atoms with Gasteiger partial charge in [0, 0.05) is 17.6 Å². The van der Waals surface area contributed by atoms with Gasteiger partial charge in [0.05, 0.1) is 5.52 Å². The van der Waals surface area contributed by atoms with Crippen LogP contribution in [-0.2, 0) is 7.05 Å². The zero-order valence-corrected chi connectivity index (χ0v) is 12.3. The minimum absolute atomic E-state index is 0.407. The Hall–Kier alpha value is -1.62. The van der Waals surface area contributed by atoms with Crippen molar-refractivity contribution in [2.75, 3.05) is 0 Å². The van der Waals surface area contributed by atoms with Crippen molar-refractivity contribution in [1.29, 1.82) is 0 Å². The fraction of sp³-hybridized carbons (Fsp3) is 0.133. The summed E-state index contributed by atoms with van der Waals surface area (Å²) in [5.74, 6) is 0. The molecule has 0 aliphatic rings. The van der Waals surface area contributed by atoms with Gasteiger partial charge in [0.1, 0.15) is 6.10 Å². The predicted molar refractivity (Wildman–Crippen MR) is 81.5 cm³/mol. The number of aliphatic hydroxyl groups excluding tert-OH is 1. The van der Waals surface area contributed by atoms with E-state index in [0.717, 1.165) is 11.1 Å². The average molecular weight is 306 g/mol. The van der Waals surface area contributed by atoms with Gasteiger partial charge in [-0.3, -0.25) is 0 Å². The molecule has 102 valence electrons. The van der Waals surface area contributed by atoms with E-state index in [4.69, 9.17) is 28.2 Å². The number of fused-ring (bicyclic) bond motifs is 1. The maximum atomic E-state index is 10.4. The van der Waals surface area contributed by atoms with Crippen LogP contribution in [0.1, 0.15) is 17.2 Å². The Kier molecular flexibility index (Phi) is 3.38. The molecule has 1 aromatic heterocycles. The van der Waals surface area contributed by atoms with Crippen LogP contribution >= 0.6 is 23.8 Å². The molecule has 20 heavy (non-hydrogen) atoms. The number of hydrogen-bond acceptors (Lipinski definition) is 3. The number of oxazole rings is 1. The Morgan fingerprint density at radius 2 is 2.00 bits per heavy atom. The molecular weight excluding hydrogens is 294 g/mol. The van der Waals surface area contributed by atoms with Crippen LogP contribution in [-0.4, -0.2) is 9.67 Å². The molecule has 0 aliphatic carbocycles. The second-order valence-corrected chi connectivity index (χ2v) is 5.33. The maximum Gasteiger partial charge on any atom is 0.269 e. The molecule has 1 heterocycles. The Morgan fingerprint density at radius 3 is 2.75 bits per heavy atom. The van der Waals surface area contributed by atoms with Crippen molar-refractivity contribution in [2.45, 2.75) is 6.10 Å². The zero-order valence-electron chi connectivity index (χ0n) is 10.7. The van der Waals surface area contributed by atoms with E-state index in [9.17, 15) is 5.11 Å². The monoisotopic (exact) mass is 305 g/mol. The van der Waals surface area contributed by atoms with Gasteiger partial charge in [-0.2, -0.15) is 0 Å². The molecule has 0 fully saturated rings. The van der Waals surface area contributed by atoms with E-state index >= 15 is 0 Å². The molecule has 0 saturated carbocycles. The Labute approximate surface area is 126 Å². The molecule has 1 atom stereocenters. The van der Waals surface area contributed by atoms with E-state index in [0.29, 0.717) is 21.0 Å². The first-order valence-electron chi connectivity index (χ1n) is 6.10. The highest BCUT2D eigenvalue weighted by Crippen LogP contribution is 2.30. The standard InChI is InChI=1S/C15H12ClNO2S/c1-17-12-7-6-9(8-13(12)19-15(17)20)14(18)10-4-2-3-5-11(10)16/h2-8,14,18H,1H3. The largest absolute Gasteiger partial charge is 0.429 e. The van der Waals surface area contributed by atoms with Gasteiger partial charge in [-0.15, -0.1) is 0 Å². The number of halogens is 1. The number of aromatic nitrogens is 1. The minimum Gasteiger partial charge on any atom is -0.429 e. The summed E-state index contributed by atoms with van der Waals surface area (Å²) in [6, 6.07) is 12.8. The van der Waals surface area contributed by atoms with Crippen molar-refractivity contribution in [3.8, 4) is 0 Å². The number of benzene rings is 2. The van der Waals surface area contributed by atoms with Crippen LogP contribution in [0.15, 0.2) is 46.9 Å². The topological polar surface area (TPSA) is 38.3 Å². The smallest absolute Gasteiger partial charge is 0.269 e. The fourth-order valence-electron chi connectivity index (χ4n) is 2.20. The summed E-state index contributed by atoms with van der Waals surface area (Å²) < 4.78 is 7.28. The molecular formula is C15H12ClNO2S. The maximum absolute atomic E-state index is 10.4. The first-order valence-corrected chi connectivity index (χ1v) is 6.88. The predicted octanol–water partition coefficient (Wildman–Crippen LogP) is 4.24. The zero-order chi connectivity index (χ0) is 14.3. The Balaban J connectivity index is 2.11. The summed E-state index contributed by atoms with van der Waals surface area (Å²) >= 11 is 11.2. The van der Waals surface area contributed by atoms with Gasteiger partial charge in [0.25, 0.3) is 4.84 Å². The van der Waals surface area contributed by atoms with Gasteiger partial charge < -0.3 is 14.1 Å². The van der Waals surface area contributed by atoms with Crippen molar-refractivity contribution in [2.24, 2.45) is 7.05 Å². The summed E-state index contributed by atoms with van der Waals surface area (Å²) in [5, 5.41) is 11.0. The third kappa shape index (κ3) is 2.16. The van der Waals surface area contributed by atoms with Crippen LogP contribution in [0.25, 0.3) is 11.1 Å². The number of aryl methyl sites for hydroxylation is 1. The van der Waals surface area contributed by atoms with Gasteiger partial charge >= 0.3 is 0 Å². The quantitative estimate of drug-likeness (QED) is 0.720. The Morgan fingerprint density at radius 1 is 1.25 bits per heavy atom. The molecule has 0 bridgehead atoms. The number of aliphatic hydroxyl groups is 1. The van der Waals surface area contributed by atoms with E-state index < -0.39 is 6.10 Å². The second kappa shape index (κ2) is 5.05. The van der Waals surface area contributed by atoms with Crippen molar-refractivity contribution < 1.29 is 9.52 Å². The van der Waals surface area contributed by atoms with Crippen LogP contribution < -0.4 is 0 Å². The van der Waals surface area contributed by atoms with Gasteiger partial charge in [-0.25, -0.2) is 0 Å². The second-order valence-electron chi connectivity index (χ2n) is 4.58. The van der Waals surface area contributed by atoms with E-state index in [1.807, 2.05) is 31.3 Å². The highest BCUT2D eigenvalue weighted by Gasteiger charge is 2.15. The molecule has 1 unspecified atom stereocenters. The van der Waals surface area contributed by atoms with Crippen molar-refractivity contribution in [1.82, 2.24) is 4.57 Å². The summed E-state index contributed by atoms with van der Waals surface area (Å²) in [6.07, 6.45) is -0.794. The molecule has 0 radical (unpaired) electrons. The Bertz CT molecular complexity index is 837. The van der Waals surface area contributed by atoms with Crippen molar-refractivity contribution >= 4 is 34.9 Å². The molecule has 0 spiro atoms. The van der Waals surface area contributed by atoms with Crippen LogP contribution in [0, 0.1) is 4.84 Å². The van der Waals surface area contributed by atoms with Gasteiger partial charge in [-0.05, 0) is 36.0 Å². The van der Waals surface area contributed by atoms with Gasteiger partial charge in [0.2, 0.25) is 0 Å². The van der Waals surface area contributed by atoms with E-state index in [-0.39, 0.29) is 0 Å². The van der Waals surface area contributed by atoms with Gasteiger partial charge in [0.15, 0.2) is 5.58 Å². The number of rotatable bonds is 2. The van der Waals surface area contributed by atoms with Gasteiger partial charge in [-0.1, -0.05) is 35.9 Å². The molecule has 2 aromatic carbocycles. The molecule has 1 N–H and O–H groups in total. The summed E-state index contributed by atoms with van der Waals surface area (Å²) in [6.45, 7) is 0. The van der Waals surface area contributed by atoms with Crippen molar-refractivity contribution in [3.05, 3.63) is 63.5 Å². The third-order valence-corrected chi connectivity index (χ3v) is 4.03.